The Hall–Kier alpha value is -2.11. The van der Waals surface area contributed by atoms with Crippen molar-refractivity contribution in [1.82, 2.24) is 9.88 Å². The van der Waals surface area contributed by atoms with E-state index in [2.05, 4.69) is 0 Å². The predicted octanol–water partition coefficient (Wildman–Crippen LogP) is 0.357. The lowest BCUT2D eigenvalue weighted by molar-refractivity contribution is -0.119. The van der Waals surface area contributed by atoms with Crippen LogP contribution in [0.5, 0.6) is 5.88 Å². The fourth-order valence-electron chi connectivity index (χ4n) is 1.15. The van der Waals surface area contributed by atoms with Crippen molar-refractivity contribution in [2.45, 2.75) is 20.3 Å². The van der Waals surface area contributed by atoms with E-state index in [1.54, 1.807) is 13.8 Å². The largest absolute Gasteiger partial charge is 0.494 e. The molecule has 2 amide bonds. The smallest absolute Gasteiger partial charge is 0.338 e. The van der Waals surface area contributed by atoms with Gasteiger partial charge in [-0.05, 0) is 12.5 Å². The Kier molecular flexibility index (Phi) is 3.44. The Bertz CT molecular complexity index is 490. The van der Waals surface area contributed by atoms with Gasteiger partial charge in [-0.1, -0.05) is 6.92 Å². The maximum Gasteiger partial charge on any atom is 0.338 e. The van der Waals surface area contributed by atoms with E-state index < -0.39 is 23.4 Å². The van der Waals surface area contributed by atoms with Gasteiger partial charge in [0.25, 0.3) is 5.56 Å². The Balaban J connectivity index is 3.10. The van der Waals surface area contributed by atoms with Crippen molar-refractivity contribution in [3.63, 3.8) is 0 Å². The first-order valence-electron chi connectivity index (χ1n) is 4.72. The number of amides is 2. The fraction of sp³-hybridized carbons (Fsp3) is 0.300. The van der Waals surface area contributed by atoms with Gasteiger partial charge in [-0.2, -0.15) is 4.57 Å². The van der Waals surface area contributed by atoms with Gasteiger partial charge in [0.05, 0.1) is 0 Å². The van der Waals surface area contributed by atoms with Crippen molar-refractivity contribution in [2.24, 2.45) is 0 Å². The van der Waals surface area contributed by atoms with Crippen molar-refractivity contribution >= 4 is 11.9 Å². The predicted molar refractivity (Wildman–Crippen MR) is 56.3 cm³/mol. The number of hydrogen-bond acceptors (Lipinski definition) is 4. The number of nitrogens with zero attached hydrogens (tertiary/aromatic N) is 1. The molecule has 0 fully saturated rings. The number of rotatable bonds is 1. The monoisotopic (exact) mass is 224 g/mol. The summed E-state index contributed by atoms with van der Waals surface area (Å²) in [6.07, 6.45) is 0.118. The molecule has 0 aliphatic rings. The Labute approximate surface area is 91.5 Å². The molecule has 0 atom stereocenters. The van der Waals surface area contributed by atoms with Crippen LogP contribution < -0.4 is 10.9 Å². The van der Waals surface area contributed by atoms with Crippen LogP contribution in [0.2, 0.25) is 0 Å². The summed E-state index contributed by atoms with van der Waals surface area (Å²) >= 11 is 0. The first-order chi connectivity index (χ1) is 7.45. The van der Waals surface area contributed by atoms with Crippen LogP contribution in [0.25, 0.3) is 0 Å². The van der Waals surface area contributed by atoms with E-state index in [4.69, 9.17) is 0 Å². The summed E-state index contributed by atoms with van der Waals surface area (Å²) in [5, 5.41) is 11.4. The van der Waals surface area contributed by atoms with Crippen molar-refractivity contribution in [2.75, 3.05) is 0 Å². The van der Waals surface area contributed by atoms with E-state index in [0.29, 0.717) is 10.1 Å². The van der Waals surface area contributed by atoms with Crippen molar-refractivity contribution in [3.05, 3.63) is 28.0 Å². The molecule has 1 aromatic heterocycles. The zero-order valence-corrected chi connectivity index (χ0v) is 8.98. The lowest BCUT2D eigenvalue weighted by Gasteiger charge is -2.07. The van der Waals surface area contributed by atoms with Crippen molar-refractivity contribution in [3.8, 4) is 5.88 Å². The van der Waals surface area contributed by atoms with Crippen LogP contribution in [0.3, 0.4) is 0 Å². The highest BCUT2D eigenvalue weighted by molar-refractivity contribution is 5.95. The van der Waals surface area contributed by atoms with Crippen LogP contribution in [-0.2, 0) is 4.79 Å². The highest BCUT2D eigenvalue weighted by atomic mass is 16.3. The molecule has 0 unspecified atom stereocenters. The van der Waals surface area contributed by atoms with E-state index in [1.807, 2.05) is 5.32 Å². The Morgan fingerprint density at radius 3 is 2.56 bits per heavy atom. The van der Waals surface area contributed by atoms with Crippen molar-refractivity contribution < 1.29 is 14.7 Å². The second kappa shape index (κ2) is 4.61. The Morgan fingerprint density at radius 1 is 1.44 bits per heavy atom. The molecule has 0 aliphatic carbocycles. The summed E-state index contributed by atoms with van der Waals surface area (Å²) in [6, 6.07) is 1.50. The number of aromatic nitrogens is 1. The number of aromatic hydroxyl groups is 1. The molecule has 0 saturated carbocycles. The van der Waals surface area contributed by atoms with Gasteiger partial charge in [0.2, 0.25) is 11.8 Å². The summed E-state index contributed by atoms with van der Waals surface area (Å²) in [4.78, 5) is 33.8. The Morgan fingerprint density at radius 2 is 2.06 bits per heavy atom. The van der Waals surface area contributed by atoms with E-state index in [0.717, 1.165) is 0 Å². The molecule has 1 heterocycles. The summed E-state index contributed by atoms with van der Waals surface area (Å²) < 4.78 is 0.501. The molecule has 6 heteroatoms. The van der Waals surface area contributed by atoms with Crippen LogP contribution in [0.15, 0.2) is 16.9 Å². The van der Waals surface area contributed by atoms with E-state index in [1.165, 1.54) is 12.1 Å². The average Bonchev–Trinajstić information content (AvgIpc) is 2.15. The van der Waals surface area contributed by atoms with Crippen LogP contribution in [-0.4, -0.2) is 21.6 Å². The van der Waals surface area contributed by atoms with E-state index >= 15 is 0 Å². The molecule has 0 saturated heterocycles. The zero-order valence-electron chi connectivity index (χ0n) is 8.98. The molecule has 86 valence electrons. The van der Waals surface area contributed by atoms with Gasteiger partial charge >= 0.3 is 6.03 Å². The molecular formula is C10H12N2O4. The molecular weight excluding hydrogens is 212 g/mol. The highest BCUT2D eigenvalue weighted by Crippen LogP contribution is 2.07. The zero-order chi connectivity index (χ0) is 12.3. The quantitative estimate of drug-likeness (QED) is 0.720. The average molecular weight is 224 g/mol. The van der Waals surface area contributed by atoms with Crippen molar-refractivity contribution in [1.29, 1.82) is 0 Å². The molecule has 1 rings (SSSR count). The standard InChI is InChI=1S/C10H12N2O4/c1-3-7(13)11-10(16)12-8(14)4-6(2)5-9(12)15/h4-5,14H,3H2,1-2H3,(H,11,13,16). The third kappa shape index (κ3) is 2.47. The molecule has 6 nitrogen and oxygen atoms in total. The number of hydrogen-bond donors (Lipinski definition) is 2. The number of pyridine rings is 1. The van der Waals surface area contributed by atoms with Crippen LogP contribution in [0, 0.1) is 6.92 Å². The number of carbonyl (C=O) groups is 2. The summed E-state index contributed by atoms with van der Waals surface area (Å²) in [5.41, 5.74) is -0.146. The summed E-state index contributed by atoms with van der Waals surface area (Å²) in [5.74, 6) is -1.01. The minimum absolute atomic E-state index is 0.118. The topological polar surface area (TPSA) is 88.4 Å². The second-order valence-corrected chi connectivity index (χ2v) is 3.27. The third-order valence-corrected chi connectivity index (χ3v) is 1.93. The highest BCUT2D eigenvalue weighted by Gasteiger charge is 2.13. The van der Waals surface area contributed by atoms with Gasteiger partial charge < -0.3 is 5.11 Å². The van der Waals surface area contributed by atoms with Crippen LogP contribution >= 0.6 is 0 Å². The second-order valence-electron chi connectivity index (χ2n) is 3.27. The molecule has 2 N–H and O–H groups in total. The molecule has 0 spiro atoms. The van der Waals surface area contributed by atoms with Gasteiger partial charge in [-0.25, -0.2) is 4.79 Å². The van der Waals surface area contributed by atoms with E-state index in [-0.39, 0.29) is 6.42 Å². The SMILES string of the molecule is CCC(=O)NC(=O)n1c(O)cc(C)cc1=O. The third-order valence-electron chi connectivity index (χ3n) is 1.93. The fourth-order valence-corrected chi connectivity index (χ4v) is 1.15. The summed E-state index contributed by atoms with van der Waals surface area (Å²) in [6.45, 7) is 3.18. The number of nitrogens with one attached hydrogen (secondary N) is 1. The number of imide groups is 1. The number of carbonyl (C=O) groups excluding carboxylic acids is 2. The number of aryl methyl sites for hydroxylation is 1. The van der Waals surface area contributed by atoms with E-state index in [9.17, 15) is 19.5 Å². The van der Waals surface area contributed by atoms with Crippen LogP contribution in [0.4, 0.5) is 4.79 Å². The van der Waals surface area contributed by atoms with Gasteiger partial charge in [0.15, 0.2) is 0 Å². The molecule has 1 aromatic rings. The molecule has 0 bridgehead atoms. The van der Waals surface area contributed by atoms with Gasteiger partial charge in [0, 0.05) is 18.6 Å². The summed E-state index contributed by atoms with van der Waals surface area (Å²) in [7, 11) is 0. The lowest BCUT2D eigenvalue weighted by Crippen LogP contribution is -2.39. The minimum Gasteiger partial charge on any atom is -0.494 e. The molecule has 0 aliphatic heterocycles. The molecule has 0 aromatic carbocycles. The maximum atomic E-state index is 11.4. The lowest BCUT2D eigenvalue weighted by atomic mass is 10.3. The maximum absolute atomic E-state index is 11.4. The van der Waals surface area contributed by atoms with Gasteiger partial charge in [0.1, 0.15) is 0 Å². The minimum atomic E-state index is -0.950. The molecule has 16 heavy (non-hydrogen) atoms. The normalized spacial score (nSPS) is 9.88. The van der Waals surface area contributed by atoms with Crippen LogP contribution in [0.1, 0.15) is 18.9 Å². The van der Waals surface area contributed by atoms with Gasteiger partial charge in [-0.3, -0.25) is 14.9 Å². The molecule has 0 radical (unpaired) electrons. The first kappa shape index (κ1) is 12.0. The van der Waals surface area contributed by atoms with Gasteiger partial charge in [-0.15, -0.1) is 0 Å². The first-order valence-corrected chi connectivity index (χ1v) is 4.72.